The van der Waals surface area contributed by atoms with Crippen molar-refractivity contribution in [3.05, 3.63) is 63.0 Å². The molecule has 2 aromatic rings. The average molecular weight is 318 g/mol. The Kier molecular flexibility index (Phi) is 5.26. The average Bonchev–Trinajstić information content (AvgIpc) is 3.03. The molecule has 1 N–H and O–H groups in total. The first kappa shape index (κ1) is 15.7. The zero-order chi connectivity index (χ0) is 15.9. The number of hydrogen-bond acceptors (Lipinski definition) is 6. The predicted molar refractivity (Wildman–Crippen MR) is 85.7 cm³/mol. The number of allylic oxidation sites excluding steroid dienone is 1. The van der Waals surface area contributed by atoms with E-state index in [1.165, 1.54) is 29.7 Å². The third-order valence-electron chi connectivity index (χ3n) is 2.71. The van der Waals surface area contributed by atoms with Crippen LogP contribution in [0.3, 0.4) is 0 Å². The van der Waals surface area contributed by atoms with Crippen LogP contribution in [0.4, 0.5) is 11.4 Å². The van der Waals surface area contributed by atoms with Crippen LogP contribution >= 0.6 is 11.3 Å². The van der Waals surface area contributed by atoms with E-state index in [1.54, 1.807) is 31.2 Å². The number of nitrogens with one attached hydrogen (secondary N) is 1. The van der Waals surface area contributed by atoms with Gasteiger partial charge in [0.05, 0.1) is 22.5 Å². The summed E-state index contributed by atoms with van der Waals surface area (Å²) in [5.74, 6) is 0.273. The van der Waals surface area contributed by atoms with Gasteiger partial charge in [-0.25, -0.2) is 0 Å². The first-order valence-corrected chi connectivity index (χ1v) is 7.42. The number of thiophene rings is 1. The highest BCUT2D eigenvalue weighted by atomic mass is 32.1. The number of ketones is 1. The number of rotatable bonds is 7. The van der Waals surface area contributed by atoms with Crippen LogP contribution in [0, 0.1) is 10.1 Å². The summed E-state index contributed by atoms with van der Waals surface area (Å²) in [6.07, 6.45) is 2.73. The summed E-state index contributed by atoms with van der Waals surface area (Å²) in [6, 6.07) is 8.03. The monoisotopic (exact) mass is 318 g/mol. The molecule has 6 nitrogen and oxygen atoms in total. The van der Waals surface area contributed by atoms with Gasteiger partial charge in [0, 0.05) is 12.3 Å². The van der Waals surface area contributed by atoms with Gasteiger partial charge >= 0.3 is 0 Å². The van der Waals surface area contributed by atoms with Crippen molar-refractivity contribution in [3.63, 3.8) is 0 Å². The van der Waals surface area contributed by atoms with Gasteiger partial charge in [-0.15, -0.1) is 11.3 Å². The number of hydrogen-bond donors (Lipinski definition) is 1. The molecular weight excluding hydrogens is 304 g/mol. The summed E-state index contributed by atoms with van der Waals surface area (Å²) in [5, 5.41) is 15.7. The molecule has 0 aliphatic heterocycles. The highest BCUT2D eigenvalue weighted by molar-refractivity contribution is 7.12. The van der Waals surface area contributed by atoms with Crippen molar-refractivity contribution in [1.82, 2.24) is 0 Å². The standard InChI is InChI=1S/C15H14N2O4S/c1-2-21-11-5-6-12(13(10-11)17(19)20)16-8-7-14(18)15-4-3-9-22-15/h3-10,16H,2H2,1H3. The Morgan fingerprint density at radius 3 is 2.91 bits per heavy atom. The van der Waals surface area contributed by atoms with Crippen LogP contribution in [0.15, 0.2) is 48.0 Å². The summed E-state index contributed by atoms with van der Waals surface area (Å²) in [7, 11) is 0. The number of carbonyl (C=O) groups is 1. The summed E-state index contributed by atoms with van der Waals surface area (Å²) < 4.78 is 5.24. The molecule has 7 heteroatoms. The Morgan fingerprint density at radius 2 is 2.27 bits per heavy atom. The fourth-order valence-electron chi connectivity index (χ4n) is 1.75. The van der Waals surface area contributed by atoms with E-state index in [-0.39, 0.29) is 11.5 Å². The van der Waals surface area contributed by atoms with Crippen molar-refractivity contribution < 1.29 is 14.5 Å². The van der Waals surface area contributed by atoms with E-state index in [1.807, 2.05) is 5.38 Å². The van der Waals surface area contributed by atoms with Crippen LogP contribution in [0.5, 0.6) is 5.75 Å². The lowest BCUT2D eigenvalue weighted by Gasteiger charge is -2.06. The highest BCUT2D eigenvalue weighted by Gasteiger charge is 2.14. The summed E-state index contributed by atoms with van der Waals surface area (Å²) in [6.45, 7) is 2.23. The molecule has 0 bridgehead atoms. The molecule has 2 rings (SSSR count). The first-order chi connectivity index (χ1) is 10.6. The molecule has 1 heterocycles. The second kappa shape index (κ2) is 7.37. The van der Waals surface area contributed by atoms with Gasteiger partial charge in [0.15, 0.2) is 5.78 Å². The van der Waals surface area contributed by atoms with E-state index in [0.29, 0.717) is 22.9 Å². The van der Waals surface area contributed by atoms with Gasteiger partial charge in [0.1, 0.15) is 11.4 Å². The lowest BCUT2D eigenvalue weighted by molar-refractivity contribution is -0.384. The number of ether oxygens (including phenoxy) is 1. The summed E-state index contributed by atoms with van der Waals surface area (Å²) in [5.41, 5.74) is 0.183. The minimum atomic E-state index is -0.500. The molecular formula is C15H14N2O4S. The maximum absolute atomic E-state index is 11.8. The lowest BCUT2D eigenvalue weighted by Crippen LogP contribution is -1.99. The number of benzene rings is 1. The van der Waals surface area contributed by atoms with Crippen molar-refractivity contribution in [1.29, 1.82) is 0 Å². The topological polar surface area (TPSA) is 81.5 Å². The smallest absolute Gasteiger partial charge is 0.296 e. The van der Waals surface area contributed by atoms with Crippen molar-refractivity contribution >= 4 is 28.5 Å². The van der Waals surface area contributed by atoms with Gasteiger partial charge in [0.2, 0.25) is 0 Å². The molecule has 0 spiro atoms. The maximum atomic E-state index is 11.8. The molecule has 114 valence electrons. The van der Waals surface area contributed by atoms with Crippen LogP contribution in [0.1, 0.15) is 16.6 Å². The molecule has 0 radical (unpaired) electrons. The van der Waals surface area contributed by atoms with Gasteiger partial charge in [0.25, 0.3) is 5.69 Å². The zero-order valence-electron chi connectivity index (χ0n) is 11.8. The Balaban J connectivity index is 2.12. The Morgan fingerprint density at radius 1 is 1.45 bits per heavy atom. The van der Waals surface area contributed by atoms with Crippen molar-refractivity contribution in [2.24, 2.45) is 0 Å². The quantitative estimate of drug-likeness (QED) is 0.363. The lowest BCUT2D eigenvalue weighted by atomic mass is 10.2. The number of nitro groups is 1. The van der Waals surface area contributed by atoms with Crippen molar-refractivity contribution in [2.75, 3.05) is 11.9 Å². The normalized spacial score (nSPS) is 10.6. The van der Waals surface area contributed by atoms with E-state index in [2.05, 4.69) is 5.32 Å². The molecule has 0 saturated heterocycles. The molecule has 22 heavy (non-hydrogen) atoms. The molecule has 0 saturated carbocycles. The molecule has 1 aromatic heterocycles. The number of carbonyl (C=O) groups excluding carboxylic acids is 1. The molecule has 0 aliphatic carbocycles. The van der Waals surface area contributed by atoms with E-state index in [4.69, 9.17) is 4.74 Å². The van der Waals surface area contributed by atoms with Gasteiger partial charge in [-0.3, -0.25) is 14.9 Å². The second-order valence-electron chi connectivity index (χ2n) is 4.19. The third kappa shape index (κ3) is 3.92. The van der Waals surface area contributed by atoms with E-state index >= 15 is 0 Å². The minimum absolute atomic E-state index is 0.112. The molecule has 0 atom stereocenters. The fraction of sp³-hybridized carbons (Fsp3) is 0.133. The van der Waals surface area contributed by atoms with E-state index < -0.39 is 4.92 Å². The fourth-order valence-corrected chi connectivity index (χ4v) is 2.39. The number of nitrogens with zero attached hydrogens (tertiary/aromatic N) is 1. The Labute approximate surface area is 131 Å². The largest absolute Gasteiger partial charge is 0.494 e. The third-order valence-corrected chi connectivity index (χ3v) is 3.60. The molecule has 0 unspecified atom stereocenters. The zero-order valence-corrected chi connectivity index (χ0v) is 12.6. The van der Waals surface area contributed by atoms with Gasteiger partial charge < -0.3 is 10.1 Å². The van der Waals surface area contributed by atoms with Crippen molar-refractivity contribution in [2.45, 2.75) is 6.92 Å². The molecule has 0 fully saturated rings. The number of anilines is 1. The Hall–Kier alpha value is -2.67. The SMILES string of the molecule is CCOc1ccc(NC=CC(=O)c2cccs2)c([N+](=O)[O-])c1. The Bertz CT molecular complexity index is 696. The summed E-state index contributed by atoms with van der Waals surface area (Å²) in [4.78, 5) is 23.0. The number of nitro benzene ring substituents is 1. The van der Waals surface area contributed by atoms with Crippen LogP contribution in [-0.2, 0) is 0 Å². The van der Waals surface area contributed by atoms with Crippen LogP contribution in [0.2, 0.25) is 0 Å². The van der Waals surface area contributed by atoms with Crippen LogP contribution in [0.25, 0.3) is 0 Å². The summed E-state index contributed by atoms with van der Waals surface area (Å²) >= 11 is 1.34. The van der Waals surface area contributed by atoms with E-state index in [9.17, 15) is 14.9 Å². The van der Waals surface area contributed by atoms with Crippen molar-refractivity contribution in [3.8, 4) is 5.75 Å². The van der Waals surface area contributed by atoms with Gasteiger partial charge in [-0.05, 0) is 30.5 Å². The maximum Gasteiger partial charge on any atom is 0.296 e. The molecule has 1 aromatic carbocycles. The second-order valence-corrected chi connectivity index (χ2v) is 5.14. The molecule has 0 amide bonds. The minimum Gasteiger partial charge on any atom is -0.494 e. The van der Waals surface area contributed by atoms with Crippen LogP contribution in [-0.4, -0.2) is 17.3 Å². The van der Waals surface area contributed by atoms with Gasteiger partial charge in [-0.1, -0.05) is 6.07 Å². The van der Waals surface area contributed by atoms with Gasteiger partial charge in [-0.2, -0.15) is 0 Å². The first-order valence-electron chi connectivity index (χ1n) is 6.54. The molecule has 0 aliphatic rings. The van der Waals surface area contributed by atoms with Crippen LogP contribution < -0.4 is 10.1 Å². The predicted octanol–water partition coefficient (Wildman–Crippen LogP) is 3.86. The van der Waals surface area contributed by atoms with E-state index in [0.717, 1.165) is 0 Å². The highest BCUT2D eigenvalue weighted by Crippen LogP contribution is 2.29.